The smallest absolute Gasteiger partial charge is 0.153 e. The van der Waals surface area contributed by atoms with Crippen molar-refractivity contribution in [3.05, 3.63) is 40.4 Å². The van der Waals surface area contributed by atoms with Gasteiger partial charge in [-0.15, -0.1) is 5.10 Å². The summed E-state index contributed by atoms with van der Waals surface area (Å²) in [5.74, 6) is 0. The predicted molar refractivity (Wildman–Crippen MR) is 68.5 cm³/mol. The topological polar surface area (TPSA) is 55.6 Å². The van der Waals surface area contributed by atoms with Crippen LogP contribution in [0.5, 0.6) is 0 Å². The molecule has 0 spiro atoms. The van der Waals surface area contributed by atoms with Gasteiger partial charge in [0.25, 0.3) is 0 Å². The zero-order valence-electron chi connectivity index (χ0n) is 9.76. The van der Waals surface area contributed by atoms with E-state index in [0.717, 1.165) is 22.4 Å². The van der Waals surface area contributed by atoms with E-state index >= 15 is 0 Å². The lowest BCUT2D eigenvalue weighted by Crippen LogP contribution is -2.24. The maximum Gasteiger partial charge on any atom is 0.153 e. The van der Waals surface area contributed by atoms with Crippen molar-refractivity contribution in [2.45, 2.75) is 13.0 Å². The molecular formula is C11H14BrN5. The Labute approximate surface area is 108 Å². The van der Waals surface area contributed by atoms with Gasteiger partial charge in [-0.3, -0.25) is 4.98 Å². The number of nitrogens with zero attached hydrogens (tertiary/aromatic N) is 4. The highest BCUT2D eigenvalue weighted by atomic mass is 79.9. The first-order valence-electron chi connectivity index (χ1n) is 5.42. The van der Waals surface area contributed by atoms with Crippen molar-refractivity contribution in [1.29, 1.82) is 0 Å². The molecule has 0 amide bonds. The van der Waals surface area contributed by atoms with Crippen LogP contribution < -0.4 is 5.32 Å². The van der Waals surface area contributed by atoms with Crippen LogP contribution >= 0.6 is 15.9 Å². The molecule has 0 fully saturated rings. The quantitative estimate of drug-likeness (QED) is 0.932. The number of rotatable bonds is 4. The normalized spacial score (nSPS) is 12.6. The Bertz CT molecular complexity index is 462. The van der Waals surface area contributed by atoms with Crippen LogP contribution in [0.3, 0.4) is 0 Å². The molecule has 90 valence electrons. The van der Waals surface area contributed by atoms with Crippen LogP contribution in [-0.4, -0.2) is 26.5 Å². The van der Waals surface area contributed by atoms with Gasteiger partial charge in [-0.05, 0) is 34.1 Å². The molecular weight excluding hydrogens is 282 g/mol. The van der Waals surface area contributed by atoms with E-state index in [1.54, 1.807) is 10.9 Å². The number of aromatic nitrogens is 4. The fourth-order valence-electron chi connectivity index (χ4n) is 1.77. The van der Waals surface area contributed by atoms with Gasteiger partial charge in [-0.1, -0.05) is 18.2 Å². The van der Waals surface area contributed by atoms with E-state index in [2.05, 4.69) is 43.5 Å². The highest BCUT2D eigenvalue weighted by Gasteiger charge is 2.21. The summed E-state index contributed by atoms with van der Waals surface area (Å²) < 4.78 is 2.53. The molecule has 6 heteroatoms. The van der Waals surface area contributed by atoms with Crippen molar-refractivity contribution in [3.8, 4) is 0 Å². The summed E-state index contributed by atoms with van der Waals surface area (Å²) in [5.41, 5.74) is 2.10. The highest BCUT2D eigenvalue weighted by Crippen LogP contribution is 2.25. The van der Waals surface area contributed by atoms with E-state index in [9.17, 15) is 0 Å². The van der Waals surface area contributed by atoms with Crippen molar-refractivity contribution < 1.29 is 0 Å². The number of pyridine rings is 1. The summed E-state index contributed by atoms with van der Waals surface area (Å²) in [4.78, 5) is 4.15. The van der Waals surface area contributed by atoms with Crippen molar-refractivity contribution in [3.63, 3.8) is 0 Å². The zero-order chi connectivity index (χ0) is 12.3. The van der Waals surface area contributed by atoms with E-state index in [1.165, 1.54) is 0 Å². The zero-order valence-corrected chi connectivity index (χ0v) is 11.3. The Kier molecular flexibility index (Phi) is 3.86. The van der Waals surface area contributed by atoms with Gasteiger partial charge in [0.05, 0.1) is 11.7 Å². The molecule has 2 aromatic heterocycles. The van der Waals surface area contributed by atoms with Crippen LogP contribution in [0.15, 0.2) is 29.1 Å². The average molecular weight is 296 g/mol. The summed E-state index contributed by atoms with van der Waals surface area (Å²) in [7, 11) is 1.88. The maximum absolute atomic E-state index is 4.15. The molecule has 0 saturated heterocycles. The molecule has 0 aliphatic carbocycles. The van der Waals surface area contributed by atoms with Crippen molar-refractivity contribution in [2.75, 3.05) is 6.54 Å². The number of nitrogens with one attached hydrogen (secondary N) is 1. The molecule has 2 heterocycles. The number of halogens is 1. The molecule has 1 atom stereocenters. The predicted octanol–water partition coefficient (Wildman–Crippen LogP) is 1.67. The molecule has 2 aromatic rings. The highest BCUT2D eigenvalue weighted by molar-refractivity contribution is 9.10. The minimum absolute atomic E-state index is 0.0445. The summed E-state index contributed by atoms with van der Waals surface area (Å²) in [6.07, 6.45) is 3.62. The number of hydrogen-bond acceptors (Lipinski definition) is 4. The third-order valence-electron chi connectivity index (χ3n) is 2.53. The Hall–Kier alpha value is -1.27. The molecule has 0 aliphatic rings. The average Bonchev–Trinajstić information content (AvgIpc) is 2.68. The second-order valence-corrected chi connectivity index (χ2v) is 4.42. The Morgan fingerprint density at radius 2 is 2.35 bits per heavy atom. The second-order valence-electron chi connectivity index (χ2n) is 3.67. The molecule has 17 heavy (non-hydrogen) atoms. The number of aryl methyl sites for hydroxylation is 1. The first-order chi connectivity index (χ1) is 8.24. The first kappa shape index (κ1) is 12.2. The minimum Gasteiger partial charge on any atom is -0.305 e. The van der Waals surface area contributed by atoms with Crippen LogP contribution in [0.1, 0.15) is 24.2 Å². The fourth-order valence-corrected chi connectivity index (χ4v) is 2.32. The molecule has 1 unspecified atom stereocenters. The van der Waals surface area contributed by atoms with E-state index in [-0.39, 0.29) is 6.04 Å². The van der Waals surface area contributed by atoms with Gasteiger partial charge in [0.1, 0.15) is 0 Å². The monoisotopic (exact) mass is 295 g/mol. The van der Waals surface area contributed by atoms with Crippen LogP contribution in [0, 0.1) is 0 Å². The van der Waals surface area contributed by atoms with Gasteiger partial charge in [0.15, 0.2) is 4.60 Å². The van der Waals surface area contributed by atoms with E-state index in [4.69, 9.17) is 0 Å². The van der Waals surface area contributed by atoms with Gasteiger partial charge < -0.3 is 5.32 Å². The largest absolute Gasteiger partial charge is 0.305 e. The standard InChI is InChI=1S/C11H14BrN5/c1-3-14-9(8-5-4-6-13-7-8)10-11(12)15-16-17(10)2/h4-7,9,14H,3H2,1-2H3. The SMILES string of the molecule is CCNC(c1cccnc1)c1c(Br)nnn1C. The number of hydrogen-bond donors (Lipinski definition) is 1. The van der Waals surface area contributed by atoms with Crippen molar-refractivity contribution in [1.82, 2.24) is 25.3 Å². The molecule has 0 radical (unpaired) electrons. The van der Waals surface area contributed by atoms with Crippen LogP contribution in [-0.2, 0) is 7.05 Å². The molecule has 0 bridgehead atoms. The first-order valence-corrected chi connectivity index (χ1v) is 6.21. The van der Waals surface area contributed by atoms with Gasteiger partial charge in [-0.2, -0.15) is 0 Å². The minimum atomic E-state index is 0.0445. The van der Waals surface area contributed by atoms with E-state index in [0.29, 0.717) is 0 Å². The lowest BCUT2D eigenvalue weighted by molar-refractivity contribution is 0.566. The Morgan fingerprint density at radius 1 is 1.53 bits per heavy atom. The van der Waals surface area contributed by atoms with Gasteiger partial charge >= 0.3 is 0 Å². The third-order valence-corrected chi connectivity index (χ3v) is 3.09. The van der Waals surface area contributed by atoms with Gasteiger partial charge in [0, 0.05) is 19.4 Å². The van der Waals surface area contributed by atoms with Crippen LogP contribution in [0.2, 0.25) is 0 Å². The molecule has 0 aliphatic heterocycles. The van der Waals surface area contributed by atoms with Crippen molar-refractivity contribution >= 4 is 15.9 Å². The molecule has 5 nitrogen and oxygen atoms in total. The maximum atomic E-state index is 4.15. The van der Waals surface area contributed by atoms with Gasteiger partial charge in [-0.25, -0.2) is 4.68 Å². The molecule has 1 N–H and O–H groups in total. The molecule has 0 aromatic carbocycles. The Morgan fingerprint density at radius 3 is 2.88 bits per heavy atom. The lowest BCUT2D eigenvalue weighted by atomic mass is 10.1. The summed E-state index contributed by atoms with van der Waals surface area (Å²) >= 11 is 3.43. The summed E-state index contributed by atoms with van der Waals surface area (Å²) in [6.45, 7) is 2.93. The third kappa shape index (κ3) is 2.53. The lowest BCUT2D eigenvalue weighted by Gasteiger charge is -2.18. The summed E-state index contributed by atoms with van der Waals surface area (Å²) in [5, 5.41) is 11.4. The Balaban J connectivity index is 2.43. The molecule has 0 saturated carbocycles. The van der Waals surface area contributed by atoms with Crippen LogP contribution in [0.4, 0.5) is 0 Å². The molecule has 2 rings (SSSR count). The van der Waals surface area contributed by atoms with Gasteiger partial charge in [0.2, 0.25) is 0 Å². The summed E-state index contributed by atoms with van der Waals surface area (Å²) in [6, 6.07) is 4.01. The van der Waals surface area contributed by atoms with Crippen LogP contribution in [0.25, 0.3) is 0 Å². The van der Waals surface area contributed by atoms with E-state index < -0.39 is 0 Å². The second kappa shape index (κ2) is 5.37. The van der Waals surface area contributed by atoms with Crippen molar-refractivity contribution in [2.24, 2.45) is 7.05 Å². The van der Waals surface area contributed by atoms with E-state index in [1.807, 2.05) is 25.4 Å². The fraction of sp³-hybridized carbons (Fsp3) is 0.364.